The Kier molecular flexibility index (Phi) is 4.97. The fourth-order valence-corrected chi connectivity index (χ4v) is 3.78. The molecular formula is C20H20FN7O2S. The van der Waals surface area contributed by atoms with Gasteiger partial charge in [-0.05, 0) is 42.0 Å². The van der Waals surface area contributed by atoms with Crippen LogP contribution in [-0.4, -0.2) is 48.9 Å². The topological polar surface area (TPSA) is 130 Å². The molecule has 2 aromatic heterocycles. The van der Waals surface area contributed by atoms with Gasteiger partial charge in [-0.25, -0.2) is 17.8 Å². The average Bonchev–Trinajstić information content (AvgIpc) is 3.09. The minimum atomic E-state index is -3.47. The lowest BCUT2D eigenvalue weighted by Gasteiger charge is -2.17. The Bertz CT molecular complexity index is 1400. The van der Waals surface area contributed by atoms with Gasteiger partial charge >= 0.3 is 0 Å². The van der Waals surface area contributed by atoms with Crippen molar-refractivity contribution in [2.24, 2.45) is 0 Å². The summed E-state index contributed by atoms with van der Waals surface area (Å²) in [5, 5.41) is 10.6. The standard InChI is InChI=1S/C20H20FN7O2S/c1-28(2)13-6-11(7-14(9-13)31(3,29)30)16-10-23-20(22)25-18(16)24-19-15-8-12(21)4-5-17(15)26-27-19/h4-10H,1-3H3,(H4,22,23,24,25,26,27). The monoisotopic (exact) mass is 441 g/mol. The molecular weight excluding hydrogens is 421 g/mol. The summed E-state index contributed by atoms with van der Waals surface area (Å²) in [6, 6.07) is 9.21. The number of aromatic amines is 1. The molecule has 0 aliphatic carbocycles. The Morgan fingerprint density at radius 1 is 1.13 bits per heavy atom. The molecule has 160 valence electrons. The molecule has 2 aromatic carbocycles. The highest BCUT2D eigenvalue weighted by atomic mass is 32.2. The van der Waals surface area contributed by atoms with E-state index in [0.717, 1.165) is 6.26 Å². The number of nitrogens with two attached hydrogens (primary N) is 1. The van der Waals surface area contributed by atoms with E-state index < -0.39 is 15.7 Å². The Hall–Kier alpha value is -3.73. The molecule has 0 aliphatic rings. The molecule has 0 saturated carbocycles. The summed E-state index contributed by atoms with van der Waals surface area (Å²) in [5.41, 5.74) is 8.20. The van der Waals surface area contributed by atoms with Crippen molar-refractivity contribution in [3.8, 4) is 11.1 Å². The molecule has 4 aromatic rings. The molecule has 31 heavy (non-hydrogen) atoms. The van der Waals surface area contributed by atoms with E-state index >= 15 is 0 Å². The lowest BCUT2D eigenvalue weighted by atomic mass is 10.1. The zero-order chi connectivity index (χ0) is 22.3. The molecule has 2 heterocycles. The molecule has 0 spiro atoms. The van der Waals surface area contributed by atoms with Crippen LogP contribution in [0.5, 0.6) is 0 Å². The van der Waals surface area contributed by atoms with Gasteiger partial charge < -0.3 is 16.0 Å². The van der Waals surface area contributed by atoms with E-state index in [1.165, 1.54) is 18.3 Å². The van der Waals surface area contributed by atoms with Crippen molar-refractivity contribution in [1.82, 2.24) is 20.2 Å². The van der Waals surface area contributed by atoms with Gasteiger partial charge in [0.2, 0.25) is 5.95 Å². The number of sulfone groups is 1. The number of aromatic nitrogens is 4. The zero-order valence-electron chi connectivity index (χ0n) is 17.0. The summed E-state index contributed by atoms with van der Waals surface area (Å²) < 4.78 is 38.2. The molecule has 0 atom stereocenters. The number of fused-ring (bicyclic) bond motifs is 1. The van der Waals surface area contributed by atoms with Gasteiger partial charge in [-0.1, -0.05) is 0 Å². The summed E-state index contributed by atoms with van der Waals surface area (Å²) in [6.45, 7) is 0. The van der Waals surface area contributed by atoms with Crippen molar-refractivity contribution >= 4 is 44.0 Å². The van der Waals surface area contributed by atoms with Crippen LogP contribution in [0.25, 0.3) is 22.0 Å². The van der Waals surface area contributed by atoms with Gasteiger partial charge in [0.25, 0.3) is 0 Å². The van der Waals surface area contributed by atoms with Gasteiger partial charge in [-0.3, -0.25) is 5.10 Å². The number of H-pyrrole nitrogens is 1. The number of hydrogen-bond donors (Lipinski definition) is 3. The number of halogens is 1. The number of nitrogen functional groups attached to an aromatic ring is 1. The number of anilines is 4. The lowest BCUT2D eigenvalue weighted by Crippen LogP contribution is -2.10. The van der Waals surface area contributed by atoms with Crippen LogP contribution >= 0.6 is 0 Å². The van der Waals surface area contributed by atoms with Crippen LogP contribution < -0.4 is 16.0 Å². The molecule has 0 bridgehead atoms. The average molecular weight is 441 g/mol. The Morgan fingerprint density at radius 2 is 1.90 bits per heavy atom. The van der Waals surface area contributed by atoms with Gasteiger partial charge in [0.1, 0.15) is 11.6 Å². The normalized spacial score (nSPS) is 11.6. The molecule has 0 saturated heterocycles. The summed E-state index contributed by atoms with van der Waals surface area (Å²) in [6.07, 6.45) is 2.65. The van der Waals surface area contributed by atoms with Crippen molar-refractivity contribution in [3.05, 3.63) is 48.4 Å². The number of benzene rings is 2. The quantitative estimate of drug-likeness (QED) is 0.431. The minimum Gasteiger partial charge on any atom is -0.378 e. The molecule has 0 amide bonds. The maximum absolute atomic E-state index is 13.7. The van der Waals surface area contributed by atoms with Crippen LogP contribution in [0.3, 0.4) is 0 Å². The van der Waals surface area contributed by atoms with Crippen LogP contribution in [0.4, 0.5) is 27.7 Å². The second-order valence-electron chi connectivity index (χ2n) is 7.26. The van der Waals surface area contributed by atoms with E-state index in [1.54, 1.807) is 23.1 Å². The van der Waals surface area contributed by atoms with Crippen molar-refractivity contribution in [1.29, 1.82) is 0 Å². The molecule has 4 rings (SSSR count). The fourth-order valence-electron chi connectivity index (χ4n) is 3.11. The molecule has 9 nitrogen and oxygen atoms in total. The van der Waals surface area contributed by atoms with E-state index in [0.29, 0.717) is 39.4 Å². The second-order valence-corrected chi connectivity index (χ2v) is 9.28. The Balaban J connectivity index is 1.88. The summed E-state index contributed by atoms with van der Waals surface area (Å²) >= 11 is 0. The second kappa shape index (κ2) is 7.51. The molecule has 0 fully saturated rings. The first-order chi connectivity index (χ1) is 14.6. The van der Waals surface area contributed by atoms with E-state index in [4.69, 9.17) is 5.73 Å². The molecule has 0 aliphatic heterocycles. The minimum absolute atomic E-state index is 0.0179. The number of nitrogens with one attached hydrogen (secondary N) is 2. The number of hydrogen-bond acceptors (Lipinski definition) is 8. The molecule has 0 unspecified atom stereocenters. The van der Waals surface area contributed by atoms with Crippen molar-refractivity contribution in [2.45, 2.75) is 4.90 Å². The predicted molar refractivity (Wildman–Crippen MR) is 119 cm³/mol. The fraction of sp³-hybridized carbons (Fsp3) is 0.150. The van der Waals surface area contributed by atoms with Gasteiger partial charge in [-0.15, -0.1) is 0 Å². The molecule has 0 radical (unpaired) electrons. The lowest BCUT2D eigenvalue weighted by molar-refractivity contribution is 0.602. The number of rotatable bonds is 5. The third-order valence-electron chi connectivity index (χ3n) is 4.72. The van der Waals surface area contributed by atoms with Gasteiger partial charge in [0.15, 0.2) is 15.7 Å². The first-order valence-electron chi connectivity index (χ1n) is 9.18. The summed E-state index contributed by atoms with van der Waals surface area (Å²) in [5.74, 6) is 0.265. The summed E-state index contributed by atoms with van der Waals surface area (Å²) in [7, 11) is 0.162. The highest BCUT2D eigenvalue weighted by molar-refractivity contribution is 7.90. The first-order valence-corrected chi connectivity index (χ1v) is 11.1. The van der Waals surface area contributed by atoms with Crippen molar-refractivity contribution in [3.63, 3.8) is 0 Å². The molecule has 11 heteroatoms. The van der Waals surface area contributed by atoms with Crippen LogP contribution in [0.2, 0.25) is 0 Å². The smallest absolute Gasteiger partial charge is 0.221 e. The third kappa shape index (κ3) is 4.12. The van der Waals surface area contributed by atoms with Crippen molar-refractivity contribution < 1.29 is 12.8 Å². The highest BCUT2D eigenvalue weighted by Crippen LogP contribution is 2.34. The van der Waals surface area contributed by atoms with Crippen molar-refractivity contribution in [2.75, 3.05) is 36.3 Å². The van der Waals surface area contributed by atoms with E-state index in [-0.39, 0.29) is 10.8 Å². The van der Waals surface area contributed by atoms with Gasteiger partial charge in [0.05, 0.1) is 10.4 Å². The molecule has 4 N–H and O–H groups in total. The SMILES string of the molecule is CN(C)c1cc(-c2cnc(N)nc2Nc2n[nH]c3ccc(F)cc23)cc(S(C)(=O)=O)c1. The van der Waals surface area contributed by atoms with E-state index in [1.807, 2.05) is 20.2 Å². The first kappa shape index (κ1) is 20.5. The van der Waals surface area contributed by atoms with Crippen LogP contribution in [0, 0.1) is 5.82 Å². The van der Waals surface area contributed by atoms with E-state index in [9.17, 15) is 12.8 Å². The van der Waals surface area contributed by atoms with Crippen LogP contribution in [-0.2, 0) is 9.84 Å². The Morgan fingerprint density at radius 3 is 2.61 bits per heavy atom. The van der Waals surface area contributed by atoms with Gasteiger partial charge in [0, 0.05) is 43.2 Å². The van der Waals surface area contributed by atoms with Crippen LogP contribution in [0.15, 0.2) is 47.5 Å². The summed E-state index contributed by atoms with van der Waals surface area (Å²) in [4.78, 5) is 10.3. The largest absolute Gasteiger partial charge is 0.378 e. The number of nitrogens with zero attached hydrogens (tertiary/aromatic N) is 4. The van der Waals surface area contributed by atoms with E-state index in [2.05, 4.69) is 25.5 Å². The predicted octanol–water partition coefficient (Wildman–Crippen LogP) is 2.95. The zero-order valence-corrected chi connectivity index (χ0v) is 17.8. The third-order valence-corrected chi connectivity index (χ3v) is 5.81. The maximum atomic E-state index is 13.7. The van der Waals surface area contributed by atoms with Gasteiger partial charge in [-0.2, -0.15) is 10.1 Å². The Labute approximate surface area is 178 Å². The highest BCUT2D eigenvalue weighted by Gasteiger charge is 2.17. The maximum Gasteiger partial charge on any atom is 0.221 e. The van der Waals surface area contributed by atoms with Crippen LogP contribution in [0.1, 0.15) is 0 Å².